The molecule has 0 bridgehead atoms. The van der Waals surface area contributed by atoms with E-state index in [-0.39, 0.29) is 6.10 Å². The van der Waals surface area contributed by atoms with Crippen molar-refractivity contribution in [1.82, 2.24) is 0 Å². The van der Waals surface area contributed by atoms with E-state index in [9.17, 15) is 5.11 Å². The Bertz CT molecular complexity index is 376. The number of rotatable bonds is 7. The summed E-state index contributed by atoms with van der Waals surface area (Å²) in [5.74, 6) is 0.877. The van der Waals surface area contributed by atoms with Crippen molar-refractivity contribution in [3.8, 4) is 5.75 Å². The highest BCUT2D eigenvalue weighted by molar-refractivity contribution is 5.39. The molecule has 1 aliphatic rings. The van der Waals surface area contributed by atoms with Crippen molar-refractivity contribution < 1.29 is 14.6 Å². The van der Waals surface area contributed by atoms with Gasteiger partial charge in [0, 0.05) is 6.61 Å². The first kappa shape index (κ1) is 13.4. The Hall–Kier alpha value is -1.06. The third kappa shape index (κ3) is 3.47. The molecule has 0 amide bonds. The molecule has 100 valence electrons. The molecule has 0 saturated heterocycles. The van der Waals surface area contributed by atoms with Crippen LogP contribution in [0.5, 0.6) is 5.75 Å². The molecule has 18 heavy (non-hydrogen) atoms. The quantitative estimate of drug-likeness (QED) is 0.756. The normalized spacial score (nSPS) is 17.8. The summed E-state index contributed by atoms with van der Waals surface area (Å²) in [4.78, 5) is 0. The molecule has 0 spiro atoms. The average molecular weight is 250 g/mol. The first-order chi connectivity index (χ1) is 8.81. The van der Waals surface area contributed by atoms with Gasteiger partial charge in [-0.1, -0.05) is 19.4 Å². The minimum absolute atomic E-state index is 0.286. The van der Waals surface area contributed by atoms with Crippen molar-refractivity contribution >= 4 is 0 Å². The summed E-state index contributed by atoms with van der Waals surface area (Å²) >= 11 is 0. The smallest absolute Gasteiger partial charge is 0.119 e. The number of fused-ring (bicyclic) bond motifs is 1. The molecule has 0 saturated carbocycles. The molecular weight excluding hydrogens is 228 g/mol. The first-order valence-corrected chi connectivity index (χ1v) is 6.82. The summed E-state index contributed by atoms with van der Waals surface area (Å²) in [6.45, 7) is 4.19. The van der Waals surface area contributed by atoms with Crippen molar-refractivity contribution in [2.75, 3.05) is 19.8 Å². The van der Waals surface area contributed by atoms with Crippen LogP contribution in [-0.4, -0.2) is 24.9 Å². The topological polar surface area (TPSA) is 38.7 Å². The molecule has 0 unspecified atom stereocenters. The Morgan fingerprint density at radius 2 is 2.17 bits per heavy atom. The van der Waals surface area contributed by atoms with E-state index in [4.69, 9.17) is 9.47 Å². The lowest BCUT2D eigenvalue weighted by Gasteiger charge is -2.09. The van der Waals surface area contributed by atoms with Crippen molar-refractivity contribution in [2.45, 2.75) is 38.7 Å². The van der Waals surface area contributed by atoms with Crippen molar-refractivity contribution in [2.24, 2.45) is 0 Å². The fourth-order valence-electron chi connectivity index (χ4n) is 2.23. The van der Waals surface area contributed by atoms with Gasteiger partial charge in [-0.3, -0.25) is 0 Å². The number of hydrogen-bond donors (Lipinski definition) is 1. The van der Waals surface area contributed by atoms with Crippen LogP contribution in [0.1, 0.15) is 43.4 Å². The molecule has 0 fully saturated rings. The average Bonchev–Trinajstić information content (AvgIpc) is 2.75. The van der Waals surface area contributed by atoms with Crippen molar-refractivity contribution in [1.29, 1.82) is 0 Å². The third-order valence-electron chi connectivity index (χ3n) is 3.30. The second kappa shape index (κ2) is 6.76. The molecule has 3 heteroatoms. The van der Waals surface area contributed by atoms with Gasteiger partial charge < -0.3 is 14.6 Å². The Morgan fingerprint density at radius 3 is 3.00 bits per heavy atom. The van der Waals surface area contributed by atoms with Crippen LogP contribution in [0, 0.1) is 0 Å². The minimum Gasteiger partial charge on any atom is -0.491 e. The molecular formula is C15H22O3. The summed E-state index contributed by atoms with van der Waals surface area (Å²) in [5, 5.41) is 9.71. The van der Waals surface area contributed by atoms with E-state index < -0.39 is 0 Å². The summed E-state index contributed by atoms with van der Waals surface area (Å²) in [5.41, 5.74) is 2.27. The molecule has 0 radical (unpaired) electrons. The van der Waals surface area contributed by atoms with Gasteiger partial charge in [0.2, 0.25) is 0 Å². The van der Waals surface area contributed by atoms with Gasteiger partial charge >= 0.3 is 0 Å². The lowest BCUT2D eigenvalue weighted by atomic mass is 10.1. The standard InChI is InChI=1S/C15H22O3/c1-2-3-8-17-9-10-18-13-5-6-14-12(11-13)4-7-15(14)16/h5-6,11,15-16H,2-4,7-10H2,1H3/t15-/m0/s1. The van der Waals surface area contributed by atoms with Crippen LogP contribution in [0.25, 0.3) is 0 Å². The fraction of sp³-hybridized carbons (Fsp3) is 0.600. The van der Waals surface area contributed by atoms with Crippen LogP contribution in [0.2, 0.25) is 0 Å². The number of benzene rings is 1. The summed E-state index contributed by atoms with van der Waals surface area (Å²) in [7, 11) is 0. The molecule has 1 aliphatic carbocycles. The van der Waals surface area contributed by atoms with Gasteiger partial charge in [0.15, 0.2) is 0 Å². The molecule has 1 aromatic carbocycles. The van der Waals surface area contributed by atoms with Gasteiger partial charge in [-0.2, -0.15) is 0 Å². The number of aliphatic hydroxyl groups is 1. The highest BCUT2D eigenvalue weighted by Gasteiger charge is 2.20. The molecule has 3 nitrogen and oxygen atoms in total. The van der Waals surface area contributed by atoms with E-state index in [1.807, 2.05) is 18.2 Å². The second-order valence-corrected chi connectivity index (χ2v) is 4.73. The largest absolute Gasteiger partial charge is 0.491 e. The van der Waals surface area contributed by atoms with Gasteiger partial charge in [0.25, 0.3) is 0 Å². The number of aliphatic hydroxyl groups excluding tert-OH is 1. The molecule has 2 rings (SSSR count). The summed E-state index contributed by atoms with van der Waals surface area (Å²) in [6.07, 6.45) is 3.76. The van der Waals surface area contributed by atoms with Crippen LogP contribution < -0.4 is 4.74 Å². The Labute approximate surface area is 109 Å². The Balaban J connectivity index is 1.74. The maximum atomic E-state index is 9.71. The number of unbranched alkanes of at least 4 members (excludes halogenated alkanes) is 1. The van der Waals surface area contributed by atoms with Crippen molar-refractivity contribution in [3.63, 3.8) is 0 Å². The van der Waals surface area contributed by atoms with Crippen LogP contribution in [-0.2, 0) is 11.2 Å². The van der Waals surface area contributed by atoms with E-state index in [0.717, 1.165) is 43.6 Å². The predicted octanol–water partition coefficient (Wildman–Crippen LogP) is 2.86. The van der Waals surface area contributed by atoms with Gasteiger partial charge in [-0.05, 0) is 42.5 Å². The lowest BCUT2D eigenvalue weighted by Crippen LogP contribution is -2.07. The van der Waals surface area contributed by atoms with Crippen LogP contribution >= 0.6 is 0 Å². The summed E-state index contributed by atoms with van der Waals surface area (Å²) in [6, 6.07) is 5.94. The van der Waals surface area contributed by atoms with Crippen molar-refractivity contribution in [3.05, 3.63) is 29.3 Å². The van der Waals surface area contributed by atoms with Gasteiger partial charge in [-0.15, -0.1) is 0 Å². The predicted molar refractivity (Wildman–Crippen MR) is 70.9 cm³/mol. The zero-order valence-electron chi connectivity index (χ0n) is 11.0. The maximum absolute atomic E-state index is 9.71. The molecule has 1 N–H and O–H groups in total. The lowest BCUT2D eigenvalue weighted by molar-refractivity contribution is 0.0980. The van der Waals surface area contributed by atoms with Gasteiger partial charge in [0.1, 0.15) is 12.4 Å². The summed E-state index contributed by atoms with van der Waals surface area (Å²) < 4.78 is 11.1. The Kier molecular flexibility index (Phi) is 5.02. The number of ether oxygens (including phenoxy) is 2. The van der Waals surface area contributed by atoms with Crippen LogP contribution in [0.15, 0.2) is 18.2 Å². The monoisotopic (exact) mass is 250 g/mol. The molecule has 0 aliphatic heterocycles. The highest BCUT2D eigenvalue weighted by Crippen LogP contribution is 2.33. The molecule has 1 atom stereocenters. The van der Waals surface area contributed by atoms with Gasteiger partial charge in [0.05, 0.1) is 12.7 Å². The second-order valence-electron chi connectivity index (χ2n) is 4.73. The van der Waals surface area contributed by atoms with E-state index in [1.165, 1.54) is 5.56 Å². The van der Waals surface area contributed by atoms with E-state index >= 15 is 0 Å². The molecule has 0 aromatic heterocycles. The number of hydrogen-bond acceptors (Lipinski definition) is 3. The van der Waals surface area contributed by atoms with E-state index in [2.05, 4.69) is 6.92 Å². The van der Waals surface area contributed by atoms with E-state index in [1.54, 1.807) is 0 Å². The molecule has 0 heterocycles. The zero-order chi connectivity index (χ0) is 12.8. The van der Waals surface area contributed by atoms with Crippen LogP contribution in [0.4, 0.5) is 0 Å². The SMILES string of the molecule is CCCCOCCOc1ccc2c(c1)CC[C@@H]2O. The number of aryl methyl sites for hydroxylation is 1. The highest BCUT2D eigenvalue weighted by atomic mass is 16.5. The molecule has 1 aromatic rings. The minimum atomic E-state index is -0.286. The van der Waals surface area contributed by atoms with E-state index in [0.29, 0.717) is 13.2 Å². The Morgan fingerprint density at radius 1 is 1.28 bits per heavy atom. The first-order valence-electron chi connectivity index (χ1n) is 6.82. The van der Waals surface area contributed by atoms with Crippen LogP contribution in [0.3, 0.4) is 0 Å². The van der Waals surface area contributed by atoms with Gasteiger partial charge in [-0.25, -0.2) is 0 Å². The fourth-order valence-corrected chi connectivity index (χ4v) is 2.23. The maximum Gasteiger partial charge on any atom is 0.119 e. The third-order valence-corrected chi connectivity index (χ3v) is 3.30. The zero-order valence-corrected chi connectivity index (χ0v) is 11.0.